The Kier molecular flexibility index (Phi) is 35.7. The number of nitrogens with one attached hydrogen (secondary N) is 3. The van der Waals surface area contributed by atoms with Crippen molar-refractivity contribution in [3.05, 3.63) is 93.2 Å². The van der Waals surface area contributed by atoms with E-state index in [2.05, 4.69) is 118 Å². The fourth-order valence-electron chi connectivity index (χ4n) is 6.17. The van der Waals surface area contributed by atoms with E-state index in [1.54, 1.807) is 0 Å². The van der Waals surface area contributed by atoms with E-state index in [0.717, 1.165) is 35.6 Å². The minimum absolute atomic E-state index is 0. The Bertz CT molecular complexity index is 1090. The largest absolute Gasteiger partial charge is 0.304 e. The Morgan fingerprint density at radius 1 is 0.420 bits per heavy atom. The molecule has 0 heterocycles. The summed E-state index contributed by atoms with van der Waals surface area (Å²) in [6.07, 6.45) is 2.62. The van der Waals surface area contributed by atoms with Crippen LogP contribution in [0.25, 0.3) is 0 Å². The van der Waals surface area contributed by atoms with Crippen LogP contribution in [0.1, 0.15) is 125 Å². The van der Waals surface area contributed by atoms with E-state index >= 15 is 0 Å². The highest BCUT2D eigenvalue weighted by Crippen LogP contribution is 2.21. The molecule has 3 atom stereocenters. The minimum Gasteiger partial charge on any atom is -0.304 e. The third kappa shape index (κ3) is 26.6. The molecule has 50 heavy (non-hydrogen) atoms. The van der Waals surface area contributed by atoms with Gasteiger partial charge in [0.1, 0.15) is 18.9 Å². The number of carbonyl (C=O) groups excluding carboxylic acids is 3. The number of allylic oxidation sites excluding steroid dienone is 6. The molecular formula is C44H79N3O3. The van der Waals surface area contributed by atoms with Gasteiger partial charge in [0.15, 0.2) is 0 Å². The van der Waals surface area contributed by atoms with E-state index in [-0.39, 0.29) is 25.6 Å². The molecule has 0 radical (unpaired) electrons. The Labute approximate surface area is 310 Å². The van der Waals surface area contributed by atoms with Gasteiger partial charge in [-0.15, -0.1) is 0 Å². The van der Waals surface area contributed by atoms with Crippen molar-refractivity contribution in [2.75, 3.05) is 19.6 Å². The molecular weight excluding hydrogens is 619 g/mol. The first-order valence-electron chi connectivity index (χ1n) is 17.3. The normalized spacial score (nSPS) is 11.3. The lowest BCUT2D eigenvalue weighted by molar-refractivity contribution is -0.108. The van der Waals surface area contributed by atoms with Gasteiger partial charge in [0.25, 0.3) is 0 Å². The van der Waals surface area contributed by atoms with Crippen molar-refractivity contribution in [3.8, 4) is 0 Å². The van der Waals surface area contributed by atoms with Crippen LogP contribution in [-0.4, -0.2) is 56.6 Å². The van der Waals surface area contributed by atoms with Crippen molar-refractivity contribution in [2.45, 2.75) is 143 Å². The average Bonchev–Trinajstić information content (AvgIpc) is 2.93. The van der Waals surface area contributed by atoms with Gasteiger partial charge >= 0.3 is 0 Å². The fourth-order valence-corrected chi connectivity index (χ4v) is 6.17. The van der Waals surface area contributed by atoms with Crippen LogP contribution in [0.2, 0.25) is 0 Å². The topological polar surface area (TPSA) is 87.3 Å². The molecule has 0 fully saturated rings. The van der Waals surface area contributed by atoms with Crippen molar-refractivity contribution in [3.63, 3.8) is 0 Å². The van der Waals surface area contributed by atoms with Gasteiger partial charge in [-0.05, 0) is 132 Å². The monoisotopic (exact) mass is 698 g/mol. The van der Waals surface area contributed by atoms with E-state index < -0.39 is 0 Å². The molecule has 0 bridgehead atoms. The Morgan fingerprint density at radius 2 is 0.600 bits per heavy atom. The van der Waals surface area contributed by atoms with E-state index in [0.29, 0.717) is 25.6 Å². The SMILES string of the molecule is C.C=C(C)C(=C(C)C)C(C)C.C=C(C)C(=C(C)C)C(C)NCC=O.C=C(C)C(=C(C)C)C(C)NCC=O.C=C(C)C(=C(C)C)C(C)NCC=O. The van der Waals surface area contributed by atoms with Crippen LogP contribution in [-0.2, 0) is 14.4 Å². The third-order valence-electron chi connectivity index (χ3n) is 7.39. The molecule has 0 aliphatic rings. The zero-order valence-corrected chi connectivity index (χ0v) is 34.7. The molecule has 0 aliphatic carbocycles. The van der Waals surface area contributed by atoms with Gasteiger partial charge < -0.3 is 30.3 Å². The maximum Gasteiger partial charge on any atom is 0.133 e. The van der Waals surface area contributed by atoms with E-state index in [1.807, 2.05) is 41.5 Å². The molecule has 0 aromatic carbocycles. The van der Waals surface area contributed by atoms with E-state index in [1.165, 1.54) is 50.2 Å². The van der Waals surface area contributed by atoms with Crippen molar-refractivity contribution >= 4 is 18.9 Å². The van der Waals surface area contributed by atoms with Crippen LogP contribution in [0.4, 0.5) is 0 Å². The van der Waals surface area contributed by atoms with Crippen LogP contribution in [0, 0.1) is 5.92 Å². The first-order valence-corrected chi connectivity index (χ1v) is 17.3. The average molecular weight is 698 g/mol. The molecule has 6 nitrogen and oxygen atoms in total. The standard InChI is InChI=1S/3C11H19NO.C10H18.CH4/c3*1-8(2)11(9(3)4)10(5)12-6-7-13;1-7(2)10(8(3)4)9(5)6;/h3*7,10,12H,1,6H2,2-5H3;8H,1H2,2-6H3;1H4. The lowest BCUT2D eigenvalue weighted by Gasteiger charge is -2.18. The number of hydrogen-bond acceptors (Lipinski definition) is 6. The molecule has 288 valence electrons. The zero-order valence-electron chi connectivity index (χ0n) is 34.7. The Balaban J connectivity index is -0.000000180. The summed E-state index contributed by atoms with van der Waals surface area (Å²) in [6.45, 7) is 52.1. The van der Waals surface area contributed by atoms with Gasteiger partial charge in [0, 0.05) is 18.1 Å². The molecule has 0 saturated heterocycles. The summed E-state index contributed by atoms with van der Waals surface area (Å²) >= 11 is 0. The molecule has 6 heteroatoms. The molecule has 0 rings (SSSR count). The second-order valence-corrected chi connectivity index (χ2v) is 13.8. The molecule has 0 aromatic rings. The number of carbonyl (C=O) groups is 3. The maximum absolute atomic E-state index is 10.2. The molecule has 3 unspecified atom stereocenters. The summed E-state index contributed by atoms with van der Waals surface area (Å²) in [5.74, 6) is 0.613. The second kappa shape index (κ2) is 31.8. The predicted octanol–water partition coefficient (Wildman–Crippen LogP) is 10.4. The van der Waals surface area contributed by atoms with Crippen LogP contribution in [0.5, 0.6) is 0 Å². The van der Waals surface area contributed by atoms with Gasteiger partial charge in [-0.25, -0.2) is 0 Å². The van der Waals surface area contributed by atoms with Crippen LogP contribution in [0.15, 0.2) is 93.2 Å². The van der Waals surface area contributed by atoms with Crippen molar-refractivity contribution in [2.24, 2.45) is 5.92 Å². The number of aldehydes is 3. The summed E-state index contributed by atoms with van der Waals surface area (Å²) in [5, 5.41) is 9.32. The van der Waals surface area contributed by atoms with Crippen molar-refractivity contribution in [1.82, 2.24) is 16.0 Å². The molecule has 0 saturated carbocycles. The second-order valence-electron chi connectivity index (χ2n) is 13.8. The molecule has 3 N–H and O–H groups in total. The van der Waals surface area contributed by atoms with Crippen LogP contribution < -0.4 is 16.0 Å². The maximum atomic E-state index is 10.2. The van der Waals surface area contributed by atoms with Crippen LogP contribution >= 0.6 is 0 Å². The van der Waals surface area contributed by atoms with Crippen LogP contribution in [0.3, 0.4) is 0 Å². The minimum atomic E-state index is 0. The fraction of sp³-hybridized carbons (Fsp3) is 0.568. The first kappa shape index (κ1) is 56.2. The first-order chi connectivity index (χ1) is 22.5. The van der Waals surface area contributed by atoms with Crippen molar-refractivity contribution < 1.29 is 14.4 Å². The van der Waals surface area contributed by atoms with E-state index in [9.17, 15) is 14.4 Å². The highest BCUT2D eigenvalue weighted by Gasteiger charge is 2.11. The predicted molar refractivity (Wildman–Crippen MR) is 225 cm³/mol. The molecule has 0 spiro atoms. The Hall–Kier alpha value is -3.19. The summed E-state index contributed by atoms with van der Waals surface area (Å²) in [6, 6.07) is 0.605. The van der Waals surface area contributed by atoms with Crippen molar-refractivity contribution in [1.29, 1.82) is 0 Å². The summed E-state index contributed by atoms with van der Waals surface area (Å²) in [7, 11) is 0. The molecule has 0 aromatic heterocycles. The smallest absolute Gasteiger partial charge is 0.133 e. The Morgan fingerprint density at radius 3 is 0.680 bits per heavy atom. The third-order valence-corrected chi connectivity index (χ3v) is 7.39. The summed E-state index contributed by atoms with van der Waals surface area (Å²) < 4.78 is 0. The number of rotatable bonds is 17. The zero-order chi connectivity index (χ0) is 39.6. The van der Waals surface area contributed by atoms with Gasteiger partial charge in [-0.2, -0.15) is 0 Å². The van der Waals surface area contributed by atoms with E-state index in [4.69, 9.17) is 0 Å². The quantitative estimate of drug-likeness (QED) is 0.104. The summed E-state index contributed by atoms with van der Waals surface area (Å²) in [5.41, 5.74) is 14.6. The lowest BCUT2D eigenvalue weighted by Crippen LogP contribution is -2.30. The molecule has 0 aliphatic heterocycles. The lowest BCUT2D eigenvalue weighted by atomic mass is 9.93. The van der Waals surface area contributed by atoms with Gasteiger partial charge in [-0.3, -0.25) is 0 Å². The highest BCUT2D eigenvalue weighted by atomic mass is 16.1. The van der Waals surface area contributed by atoms with Gasteiger partial charge in [0.05, 0.1) is 19.6 Å². The highest BCUT2D eigenvalue weighted by molar-refractivity contribution is 5.53. The summed E-state index contributed by atoms with van der Waals surface area (Å²) in [4.78, 5) is 30.5. The van der Waals surface area contributed by atoms with Gasteiger partial charge in [-0.1, -0.05) is 92.2 Å². The number of hydrogen-bond donors (Lipinski definition) is 3. The van der Waals surface area contributed by atoms with Gasteiger partial charge in [0.2, 0.25) is 0 Å². The molecule has 0 amide bonds.